The van der Waals surface area contributed by atoms with Crippen LogP contribution in [-0.2, 0) is 14.8 Å². The lowest BCUT2D eigenvalue weighted by Gasteiger charge is -2.08. The summed E-state index contributed by atoms with van der Waals surface area (Å²) in [6.45, 7) is 1.88. The van der Waals surface area contributed by atoms with Crippen molar-refractivity contribution in [2.75, 3.05) is 15.8 Å². The molecule has 146 valence electrons. The Morgan fingerprint density at radius 2 is 1.86 bits per heavy atom. The van der Waals surface area contributed by atoms with Gasteiger partial charge in [0, 0.05) is 30.3 Å². The third-order valence-corrected chi connectivity index (χ3v) is 6.62. The van der Waals surface area contributed by atoms with Gasteiger partial charge in [0.25, 0.3) is 10.0 Å². The third kappa shape index (κ3) is 5.71. The van der Waals surface area contributed by atoms with Crippen LogP contribution in [-0.4, -0.2) is 40.2 Å². The van der Waals surface area contributed by atoms with Crippen molar-refractivity contribution in [1.82, 2.24) is 20.2 Å². The van der Waals surface area contributed by atoms with Crippen LogP contribution in [0.5, 0.6) is 0 Å². The van der Waals surface area contributed by atoms with E-state index in [0.29, 0.717) is 17.9 Å². The highest BCUT2D eigenvalue weighted by molar-refractivity contribution is 8.01. The molecule has 0 fully saturated rings. The molecule has 0 radical (unpaired) electrons. The zero-order chi connectivity index (χ0) is 20.0. The van der Waals surface area contributed by atoms with Crippen LogP contribution in [0.15, 0.2) is 52.0 Å². The highest BCUT2D eigenvalue weighted by Gasteiger charge is 2.15. The number of hydrogen-bond acceptors (Lipinski definition) is 9. The van der Waals surface area contributed by atoms with Crippen molar-refractivity contribution in [3.63, 3.8) is 0 Å². The lowest BCUT2D eigenvalue weighted by Crippen LogP contribution is -2.15. The first kappa shape index (κ1) is 20.2. The Labute approximate surface area is 170 Å². The number of anilines is 2. The SMILES string of the molecule is Cc1nnc(SCCC(=O)Nc2ccc(S(=O)(=O)Nc3ncccn3)cc2)s1. The van der Waals surface area contributed by atoms with Crippen LogP contribution in [0.2, 0.25) is 0 Å². The minimum atomic E-state index is -3.80. The van der Waals surface area contributed by atoms with Gasteiger partial charge in [-0.2, -0.15) is 0 Å². The van der Waals surface area contributed by atoms with Crippen molar-refractivity contribution in [3.8, 4) is 0 Å². The number of carbonyl (C=O) groups is 1. The number of rotatable bonds is 8. The first-order chi connectivity index (χ1) is 13.4. The molecule has 0 unspecified atom stereocenters. The second-order valence-electron chi connectivity index (χ2n) is 5.44. The van der Waals surface area contributed by atoms with Crippen molar-refractivity contribution >= 4 is 50.7 Å². The van der Waals surface area contributed by atoms with Gasteiger partial charge in [-0.25, -0.2) is 23.1 Å². The normalized spacial score (nSPS) is 11.2. The Bertz CT molecular complexity index is 1040. The predicted octanol–water partition coefficient (Wildman–Crippen LogP) is 2.56. The Morgan fingerprint density at radius 1 is 1.14 bits per heavy atom. The van der Waals surface area contributed by atoms with Crippen LogP contribution in [0.25, 0.3) is 0 Å². The van der Waals surface area contributed by atoms with Crippen molar-refractivity contribution in [2.24, 2.45) is 0 Å². The lowest BCUT2D eigenvalue weighted by molar-refractivity contribution is -0.115. The van der Waals surface area contributed by atoms with E-state index >= 15 is 0 Å². The predicted molar refractivity (Wildman–Crippen MR) is 108 cm³/mol. The average molecular weight is 437 g/mol. The van der Waals surface area contributed by atoms with Crippen molar-refractivity contribution in [1.29, 1.82) is 0 Å². The zero-order valence-electron chi connectivity index (χ0n) is 14.7. The fraction of sp³-hybridized carbons (Fsp3) is 0.188. The molecule has 0 aliphatic rings. The maximum Gasteiger partial charge on any atom is 0.264 e. The molecule has 2 heterocycles. The van der Waals surface area contributed by atoms with E-state index in [9.17, 15) is 13.2 Å². The van der Waals surface area contributed by atoms with E-state index < -0.39 is 10.0 Å². The van der Waals surface area contributed by atoms with Crippen LogP contribution >= 0.6 is 23.1 Å². The molecule has 2 aromatic heterocycles. The molecule has 1 amide bonds. The number of hydrogen-bond donors (Lipinski definition) is 2. The van der Waals surface area contributed by atoms with E-state index in [0.717, 1.165) is 9.35 Å². The molecule has 12 heteroatoms. The van der Waals surface area contributed by atoms with Gasteiger partial charge >= 0.3 is 0 Å². The second kappa shape index (κ2) is 9.08. The first-order valence-corrected chi connectivity index (χ1v) is 11.3. The summed E-state index contributed by atoms with van der Waals surface area (Å²) in [5.41, 5.74) is 0.511. The van der Waals surface area contributed by atoms with Crippen molar-refractivity contribution < 1.29 is 13.2 Å². The summed E-state index contributed by atoms with van der Waals surface area (Å²) in [6.07, 6.45) is 3.18. The molecule has 0 atom stereocenters. The van der Waals surface area contributed by atoms with Crippen LogP contribution in [0.1, 0.15) is 11.4 Å². The first-order valence-electron chi connectivity index (χ1n) is 8.05. The maximum atomic E-state index is 12.3. The number of aromatic nitrogens is 4. The molecule has 0 aliphatic heterocycles. The summed E-state index contributed by atoms with van der Waals surface area (Å²) in [7, 11) is -3.80. The quantitative estimate of drug-likeness (QED) is 0.516. The van der Waals surface area contributed by atoms with Crippen LogP contribution in [0.3, 0.4) is 0 Å². The molecule has 0 bridgehead atoms. The number of nitrogens with zero attached hydrogens (tertiary/aromatic N) is 4. The summed E-state index contributed by atoms with van der Waals surface area (Å²) in [6, 6.07) is 7.45. The second-order valence-corrected chi connectivity index (χ2v) is 9.64. The molecule has 0 saturated carbocycles. The van der Waals surface area contributed by atoms with Crippen LogP contribution < -0.4 is 10.0 Å². The molecule has 9 nitrogen and oxygen atoms in total. The maximum absolute atomic E-state index is 12.3. The molecule has 1 aromatic carbocycles. The van der Waals surface area contributed by atoms with Gasteiger partial charge in [0.05, 0.1) is 4.90 Å². The number of aryl methyl sites for hydroxylation is 1. The lowest BCUT2D eigenvalue weighted by atomic mass is 10.3. The topological polar surface area (TPSA) is 127 Å². The third-order valence-electron chi connectivity index (χ3n) is 3.30. The summed E-state index contributed by atoms with van der Waals surface area (Å²) in [5.74, 6) is 0.400. The number of sulfonamides is 1. The number of thioether (sulfide) groups is 1. The fourth-order valence-corrected chi connectivity index (χ4v) is 4.82. The summed E-state index contributed by atoms with van der Waals surface area (Å²) >= 11 is 2.96. The standard InChI is InChI=1S/C16H16N6O3S3/c1-11-20-21-16(27-11)26-10-7-14(23)19-12-3-5-13(6-4-12)28(24,25)22-15-17-8-2-9-18-15/h2-6,8-9H,7,10H2,1H3,(H,19,23)(H,17,18,22). The summed E-state index contributed by atoms with van der Waals surface area (Å²) in [5, 5.41) is 11.5. The van der Waals surface area contributed by atoms with Gasteiger partial charge in [-0.3, -0.25) is 4.79 Å². The van der Waals surface area contributed by atoms with E-state index in [1.54, 1.807) is 6.07 Å². The van der Waals surface area contributed by atoms with Crippen molar-refractivity contribution in [2.45, 2.75) is 22.6 Å². The smallest absolute Gasteiger partial charge is 0.264 e. The van der Waals surface area contributed by atoms with Gasteiger partial charge in [-0.15, -0.1) is 10.2 Å². The largest absolute Gasteiger partial charge is 0.326 e. The van der Waals surface area contributed by atoms with Crippen molar-refractivity contribution in [3.05, 3.63) is 47.7 Å². The molecule has 2 N–H and O–H groups in total. The van der Waals surface area contributed by atoms with Gasteiger partial charge in [0.2, 0.25) is 11.9 Å². The van der Waals surface area contributed by atoms with E-state index in [2.05, 4.69) is 30.2 Å². The van der Waals surface area contributed by atoms with E-state index in [-0.39, 0.29) is 16.8 Å². The minimum absolute atomic E-state index is 0.0111. The number of amides is 1. The Kier molecular flexibility index (Phi) is 6.54. The van der Waals surface area contributed by atoms with Gasteiger partial charge in [-0.05, 0) is 37.3 Å². The molecule has 3 aromatic rings. The molecule has 0 spiro atoms. The minimum Gasteiger partial charge on any atom is -0.326 e. The molecular formula is C16H16N6O3S3. The number of benzene rings is 1. The highest BCUT2D eigenvalue weighted by atomic mass is 32.2. The molecule has 0 aliphatic carbocycles. The average Bonchev–Trinajstić information content (AvgIpc) is 3.08. The summed E-state index contributed by atoms with van der Waals surface area (Å²) in [4.78, 5) is 19.7. The Hall–Kier alpha value is -2.57. The highest BCUT2D eigenvalue weighted by Crippen LogP contribution is 2.22. The number of carbonyl (C=O) groups excluding carboxylic acids is 1. The van der Waals surface area contributed by atoms with E-state index in [1.807, 2.05) is 6.92 Å². The van der Waals surface area contributed by atoms with Gasteiger partial charge in [-0.1, -0.05) is 23.1 Å². The Morgan fingerprint density at radius 3 is 2.50 bits per heavy atom. The van der Waals surface area contributed by atoms with Gasteiger partial charge < -0.3 is 5.32 Å². The van der Waals surface area contributed by atoms with E-state index in [4.69, 9.17) is 0 Å². The van der Waals surface area contributed by atoms with Gasteiger partial charge in [0.15, 0.2) is 4.34 Å². The Balaban J connectivity index is 1.52. The van der Waals surface area contributed by atoms with Crippen LogP contribution in [0, 0.1) is 6.92 Å². The molecular weight excluding hydrogens is 420 g/mol. The monoisotopic (exact) mass is 436 g/mol. The van der Waals surface area contributed by atoms with Gasteiger partial charge in [0.1, 0.15) is 5.01 Å². The molecule has 28 heavy (non-hydrogen) atoms. The molecule has 3 rings (SSSR count). The number of nitrogens with one attached hydrogen (secondary N) is 2. The van der Waals surface area contributed by atoms with Crippen LogP contribution in [0.4, 0.5) is 11.6 Å². The zero-order valence-corrected chi connectivity index (χ0v) is 17.1. The van der Waals surface area contributed by atoms with E-state index in [1.165, 1.54) is 59.8 Å². The summed E-state index contributed by atoms with van der Waals surface area (Å²) < 4.78 is 27.8. The fourth-order valence-electron chi connectivity index (χ4n) is 2.04. The molecule has 0 saturated heterocycles.